The van der Waals surface area contributed by atoms with Gasteiger partial charge in [0.1, 0.15) is 12.4 Å². The van der Waals surface area contributed by atoms with Gasteiger partial charge in [0.2, 0.25) is 0 Å². The zero-order valence-corrected chi connectivity index (χ0v) is 14.4. The zero-order valence-electron chi connectivity index (χ0n) is 14.4. The highest BCUT2D eigenvalue weighted by Gasteiger charge is 1.99. The van der Waals surface area contributed by atoms with Gasteiger partial charge in [-0.25, -0.2) is 4.79 Å². The molecule has 0 bridgehead atoms. The molecule has 2 aromatic carbocycles. The molecular weight excluding hydrogens is 316 g/mol. The van der Waals surface area contributed by atoms with E-state index in [1.165, 1.54) is 0 Å². The zero-order chi connectivity index (χ0) is 17.9. The maximum Gasteiger partial charge on any atom is 0.330 e. The van der Waals surface area contributed by atoms with Gasteiger partial charge in [-0.2, -0.15) is 10.2 Å². The van der Waals surface area contributed by atoms with Crippen molar-refractivity contribution in [2.24, 2.45) is 10.2 Å². The molecule has 0 heterocycles. The van der Waals surface area contributed by atoms with Crippen LogP contribution in [-0.4, -0.2) is 12.6 Å². The summed E-state index contributed by atoms with van der Waals surface area (Å²) in [4.78, 5) is 11.0. The molecule has 0 aromatic heterocycles. The smallest absolute Gasteiger partial charge is 0.330 e. The number of hydrogen-bond donors (Lipinski definition) is 0. The molecule has 130 valence electrons. The maximum atomic E-state index is 11.0. The Kier molecular flexibility index (Phi) is 7.38. The van der Waals surface area contributed by atoms with E-state index in [9.17, 15) is 4.79 Å². The summed E-state index contributed by atoms with van der Waals surface area (Å²) >= 11 is 0. The molecule has 5 nitrogen and oxygen atoms in total. The van der Waals surface area contributed by atoms with Crippen molar-refractivity contribution in [3.05, 3.63) is 66.7 Å². The van der Waals surface area contributed by atoms with Crippen molar-refractivity contribution in [3.63, 3.8) is 0 Å². The minimum Gasteiger partial charge on any atom is -0.494 e. The van der Waals surface area contributed by atoms with E-state index in [1.54, 1.807) is 0 Å². The number of unbranched alkanes of at least 4 members (excludes halogenated alkanes) is 1. The quantitative estimate of drug-likeness (QED) is 0.262. The Morgan fingerprint density at radius 3 is 2.20 bits per heavy atom. The van der Waals surface area contributed by atoms with Crippen LogP contribution in [0.3, 0.4) is 0 Å². The van der Waals surface area contributed by atoms with Crippen molar-refractivity contribution >= 4 is 17.3 Å². The number of hydrogen-bond acceptors (Lipinski definition) is 5. The highest BCUT2D eigenvalue weighted by atomic mass is 16.5. The van der Waals surface area contributed by atoms with Crippen LogP contribution in [0.25, 0.3) is 0 Å². The molecule has 0 saturated heterocycles. The highest BCUT2D eigenvalue weighted by molar-refractivity contribution is 5.81. The number of rotatable bonds is 9. The van der Waals surface area contributed by atoms with E-state index in [1.807, 2.05) is 48.5 Å². The molecule has 0 aliphatic carbocycles. The lowest BCUT2D eigenvalue weighted by Crippen LogP contribution is -1.99. The fourth-order valence-electron chi connectivity index (χ4n) is 1.93. The van der Waals surface area contributed by atoms with Crippen molar-refractivity contribution in [2.45, 2.75) is 26.4 Å². The second-order valence-corrected chi connectivity index (χ2v) is 5.37. The third-order valence-corrected chi connectivity index (χ3v) is 3.37. The van der Waals surface area contributed by atoms with Crippen LogP contribution >= 0.6 is 0 Å². The Bertz CT molecular complexity index is 707. The summed E-state index contributed by atoms with van der Waals surface area (Å²) in [7, 11) is 0. The van der Waals surface area contributed by atoms with Gasteiger partial charge >= 0.3 is 5.97 Å². The van der Waals surface area contributed by atoms with Crippen LogP contribution in [0.5, 0.6) is 5.75 Å². The maximum absolute atomic E-state index is 11.0. The van der Waals surface area contributed by atoms with E-state index in [4.69, 9.17) is 9.47 Å². The number of nitrogens with zero attached hydrogens (tertiary/aromatic N) is 2. The number of azo groups is 1. The van der Waals surface area contributed by atoms with Crippen LogP contribution in [0.2, 0.25) is 0 Å². The molecule has 0 radical (unpaired) electrons. The lowest BCUT2D eigenvalue weighted by Gasteiger charge is -2.04. The standard InChI is InChI=1S/C20H22N2O3/c1-3-5-14-24-19-12-10-18(11-13-19)22-21-17-8-6-16(7-9-17)15-25-20(23)4-2/h4,6-13H,2-3,5,14-15H2,1H3. The van der Waals surface area contributed by atoms with Gasteiger partial charge in [-0.15, -0.1) is 0 Å². The first-order valence-electron chi connectivity index (χ1n) is 8.24. The van der Waals surface area contributed by atoms with Crippen LogP contribution < -0.4 is 4.74 Å². The number of benzene rings is 2. The van der Waals surface area contributed by atoms with E-state index in [2.05, 4.69) is 23.7 Å². The average Bonchev–Trinajstić information content (AvgIpc) is 2.66. The van der Waals surface area contributed by atoms with Gasteiger partial charge in [-0.1, -0.05) is 32.1 Å². The third-order valence-electron chi connectivity index (χ3n) is 3.37. The minimum atomic E-state index is -0.439. The van der Waals surface area contributed by atoms with Crippen LogP contribution in [0, 0.1) is 0 Å². The molecule has 5 heteroatoms. The molecule has 2 rings (SSSR count). The monoisotopic (exact) mass is 338 g/mol. The highest BCUT2D eigenvalue weighted by Crippen LogP contribution is 2.22. The Hall–Kier alpha value is -2.95. The molecule has 0 atom stereocenters. The van der Waals surface area contributed by atoms with Gasteiger partial charge in [-0.05, 0) is 48.4 Å². The molecule has 2 aromatic rings. The lowest BCUT2D eigenvalue weighted by atomic mass is 10.2. The molecule has 0 fully saturated rings. The molecule has 0 saturated carbocycles. The Morgan fingerprint density at radius 2 is 1.64 bits per heavy atom. The Balaban J connectivity index is 1.88. The fourth-order valence-corrected chi connectivity index (χ4v) is 1.93. The molecule has 0 spiro atoms. The number of ether oxygens (including phenoxy) is 2. The van der Waals surface area contributed by atoms with Gasteiger partial charge < -0.3 is 9.47 Å². The summed E-state index contributed by atoms with van der Waals surface area (Å²) in [6.07, 6.45) is 3.30. The van der Waals surface area contributed by atoms with E-state index in [-0.39, 0.29) is 6.61 Å². The fraction of sp³-hybridized carbons (Fsp3) is 0.250. The summed E-state index contributed by atoms with van der Waals surface area (Å²) in [6, 6.07) is 14.8. The van der Waals surface area contributed by atoms with Gasteiger partial charge in [0.25, 0.3) is 0 Å². The number of carbonyl (C=O) groups excluding carboxylic acids is 1. The van der Waals surface area contributed by atoms with Crippen molar-refractivity contribution < 1.29 is 14.3 Å². The second-order valence-electron chi connectivity index (χ2n) is 5.37. The minimum absolute atomic E-state index is 0.210. The first-order valence-corrected chi connectivity index (χ1v) is 8.24. The Morgan fingerprint density at radius 1 is 1.04 bits per heavy atom. The van der Waals surface area contributed by atoms with Crippen molar-refractivity contribution in [2.75, 3.05) is 6.61 Å². The number of esters is 1. The third kappa shape index (κ3) is 6.59. The summed E-state index contributed by atoms with van der Waals surface area (Å²) < 4.78 is 10.6. The summed E-state index contributed by atoms with van der Waals surface area (Å²) in [5.74, 6) is 0.400. The van der Waals surface area contributed by atoms with E-state index < -0.39 is 5.97 Å². The van der Waals surface area contributed by atoms with Crippen LogP contribution in [-0.2, 0) is 16.1 Å². The SMILES string of the molecule is C=CC(=O)OCc1ccc(N=Nc2ccc(OCCCC)cc2)cc1. The molecule has 25 heavy (non-hydrogen) atoms. The normalized spacial score (nSPS) is 10.6. The average molecular weight is 338 g/mol. The molecular formula is C20H22N2O3. The first kappa shape index (κ1) is 18.4. The number of carbonyl (C=O) groups is 1. The molecule has 0 aliphatic heterocycles. The second kappa shape index (κ2) is 10.0. The largest absolute Gasteiger partial charge is 0.494 e. The molecule has 0 N–H and O–H groups in total. The van der Waals surface area contributed by atoms with Crippen LogP contribution in [0.15, 0.2) is 71.4 Å². The molecule has 0 unspecified atom stereocenters. The van der Waals surface area contributed by atoms with Crippen LogP contribution in [0.4, 0.5) is 11.4 Å². The molecule has 0 amide bonds. The van der Waals surface area contributed by atoms with Gasteiger partial charge in [0.15, 0.2) is 0 Å². The van der Waals surface area contributed by atoms with Gasteiger partial charge in [0.05, 0.1) is 18.0 Å². The summed E-state index contributed by atoms with van der Waals surface area (Å²) in [5.41, 5.74) is 2.36. The lowest BCUT2D eigenvalue weighted by molar-refractivity contribution is -0.138. The van der Waals surface area contributed by atoms with Gasteiger partial charge in [0, 0.05) is 6.08 Å². The first-order chi connectivity index (χ1) is 12.2. The summed E-state index contributed by atoms with van der Waals surface area (Å²) in [6.45, 7) is 6.42. The van der Waals surface area contributed by atoms with Gasteiger partial charge in [-0.3, -0.25) is 0 Å². The van der Waals surface area contributed by atoms with E-state index >= 15 is 0 Å². The van der Waals surface area contributed by atoms with Crippen LogP contribution in [0.1, 0.15) is 25.3 Å². The van der Waals surface area contributed by atoms with Crippen molar-refractivity contribution in [1.82, 2.24) is 0 Å². The van der Waals surface area contributed by atoms with E-state index in [0.717, 1.165) is 48.2 Å². The molecule has 0 aliphatic rings. The predicted octanol–water partition coefficient (Wildman–Crippen LogP) is 5.51. The predicted molar refractivity (Wildman–Crippen MR) is 97.5 cm³/mol. The van der Waals surface area contributed by atoms with E-state index in [0.29, 0.717) is 0 Å². The summed E-state index contributed by atoms with van der Waals surface area (Å²) in [5, 5.41) is 8.40. The topological polar surface area (TPSA) is 60.2 Å². The van der Waals surface area contributed by atoms with Crippen molar-refractivity contribution in [1.29, 1.82) is 0 Å². The van der Waals surface area contributed by atoms with Crippen molar-refractivity contribution in [3.8, 4) is 5.75 Å². The Labute approximate surface area is 148 Å².